The van der Waals surface area contributed by atoms with Crippen molar-refractivity contribution >= 4 is 0 Å². The number of hydrogen-bond acceptors (Lipinski definition) is 4. The van der Waals surface area contributed by atoms with Gasteiger partial charge in [-0.3, -0.25) is 0 Å². The fraction of sp³-hybridized carbons (Fsp3) is 0.200. The minimum Gasteiger partial charge on any atom is -0.494 e. The van der Waals surface area contributed by atoms with Crippen LogP contribution in [0.25, 0.3) is 11.1 Å². The molecule has 0 fully saturated rings. The molecule has 2 N–H and O–H groups in total. The molecule has 1 aliphatic rings. The van der Waals surface area contributed by atoms with Gasteiger partial charge in [-0.1, -0.05) is 72.8 Å². The largest absolute Gasteiger partial charge is 0.494 e. The molecule has 1 aliphatic carbocycles. The third-order valence-corrected chi connectivity index (χ3v) is 6.61. The van der Waals surface area contributed by atoms with Crippen molar-refractivity contribution in [1.29, 1.82) is 0 Å². The van der Waals surface area contributed by atoms with Crippen molar-refractivity contribution in [1.82, 2.24) is 0 Å². The van der Waals surface area contributed by atoms with Gasteiger partial charge in [-0.15, -0.1) is 0 Å². The summed E-state index contributed by atoms with van der Waals surface area (Å²) in [7, 11) is 0. The molecule has 4 aromatic rings. The summed E-state index contributed by atoms with van der Waals surface area (Å²) in [5.41, 5.74) is 0.730. The second kappa shape index (κ2) is 8.64. The molecule has 0 unspecified atom stereocenters. The Morgan fingerprint density at radius 2 is 0.882 bits per heavy atom. The van der Waals surface area contributed by atoms with E-state index < -0.39 is 11.2 Å². The van der Waals surface area contributed by atoms with Crippen LogP contribution in [0.1, 0.15) is 36.1 Å². The average molecular weight is 453 g/mol. The van der Waals surface area contributed by atoms with Crippen molar-refractivity contribution in [3.8, 4) is 22.6 Å². The maximum Gasteiger partial charge on any atom is 0.152 e. The minimum absolute atomic E-state index is 0.552. The van der Waals surface area contributed by atoms with Crippen LogP contribution in [0.2, 0.25) is 0 Å². The first-order valence-electron chi connectivity index (χ1n) is 11.6. The predicted molar refractivity (Wildman–Crippen MR) is 133 cm³/mol. The van der Waals surface area contributed by atoms with Gasteiger partial charge in [0.15, 0.2) is 11.2 Å². The topological polar surface area (TPSA) is 58.9 Å². The first-order valence-corrected chi connectivity index (χ1v) is 11.6. The molecule has 2 atom stereocenters. The van der Waals surface area contributed by atoms with Gasteiger partial charge >= 0.3 is 0 Å². The second-order valence-electron chi connectivity index (χ2n) is 8.43. The Morgan fingerprint density at radius 3 is 1.24 bits per heavy atom. The van der Waals surface area contributed by atoms with Crippen LogP contribution in [-0.4, -0.2) is 23.4 Å². The van der Waals surface area contributed by atoms with Gasteiger partial charge in [0.25, 0.3) is 0 Å². The Labute approximate surface area is 200 Å². The van der Waals surface area contributed by atoms with Crippen LogP contribution < -0.4 is 9.47 Å². The molecule has 0 saturated heterocycles. The lowest BCUT2D eigenvalue weighted by Gasteiger charge is -2.49. The first kappa shape index (κ1) is 22.2. The highest BCUT2D eigenvalue weighted by atomic mass is 16.5. The van der Waals surface area contributed by atoms with Crippen LogP contribution in [0.15, 0.2) is 97.1 Å². The van der Waals surface area contributed by atoms with Gasteiger partial charge in [-0.25, -0.2) is 0 Å². The fourth-order valence-electron chi connectivity index (χ4n) is 5.10. The SMILES string of the molecule is CCOc1ccc([C@@]2(O)c3ccccc3-c3ccccc3[C@@]2(O)c2ccc(OCC)cc2)cc1. The lowest BCUT2D eigenvalue weighted by Crippen LogP contribution is -2.53. The van der Waals surface area contributed by atoms with Crippen LogP contribution in [0.4, 0.5) is 0 Å². The van der Waals surface area contributed by atoms with Crippen molar-refractivity contribution < 1.29 is 19.7 Å². The third-order valence-electron chi connectivity index (χ3n) is 6.61. The zero-order valence-electron chi connectivity index (χ0n) is 19.4. The molecule has 0 aliphatic heterocycles. The van der Waals surface area contributed by atoms with Crippen LogP contribution in [0.3, 0.4) is 0 Å². The molecule has 0 heterocycles. The van der Waals surface area contributed by atoms with Crippen LogP contribution >= 0.6 is 0 Å². The molecule has 5 rings (SSSR count). The van der Waals surface area contributed by atoms with E-state index in [-0.39, 0.29) is 0 Å². The number of benzene rings is 4. The van der Waals surface area contributed by atoms with E-state index >= 15 is 0 Å². The molecule has 4 heteroatoms. The lowest BCUT2D eigenvalue weighted by molar-refractivity contribution is -0.114. The number of aliphatic hydroxyl groups is 2. The molecular weight excluding hydrogens is 424 g/mol. The van der Waals surface area contributed by atoms with Crippen LogP contribution in [0, 0.1) is 0 Å². The van der Waals surface area contributed by atoms with Crippen molar-refractivity contribution in [2.24, 2.45) is 0 Å². The molecule has 0 bridgehead atoms. The summed E-state index contributed by atoms with van der Waals surface area (Å²) in [6.45, 7) is 4.97. The lowest BCUT2D eigenvalue weighted by atomic mass is 9.60. The Morgan fingerprint density at radius 1 is 0.529 bits per heavy atom. The third kappa shape index (κ3) is 3.22. The maximum absolute atomic E-state index is 12.7. The molecule has 34 heavy (non-hydrogen) atoms. The molecule has 4 nitrogen and oxygen atoms in total. The van der Waals surface area contributed by atoms with Gasteiger partial charge in [0.1, 0.15) is 11.5 Å². The van der Waals surface area contributed by atoms with Gasteiger partial charge in [-0.2, -0.15) is 0 Å². The molecule has 172 valence electrons. The zero-order chi connectivity index (χ0) is 23.8. The van der Waals surface area contributed by atoms with Gasteiger partial charge < -0.3 is 19.7 Å². The van der Waals surface area contributed by atoms with E-state index in [9.17, 15) is 10.2 Å². The second-order valence-corrected chi connectivity index (χ2v) is 8.43. The minimum atomic E-state index is -1.75. The summed E-state index contributed by atoms with van der Waals surface area (Å²) < 4.78 is 11.2. The summed E-state index contributed by atoms with van der Waals surface area (Å²) in [5.74, 6) is 1.42. The van der Waals surface area contributed by atoms with Crippen molar-refractivity contribution in [2.45, 2.75) is 25.0 Å². The standard InChI is InChI=1S/C30H28O4/c1-3-33-23-17-13-21(14-18-23)29(31)27-11-7-5-9-25(27)26-10-6-8-12-28(26)30(29,32)22-15-19-24(20-16-22)34-4-2/h5-20,31-32H,3-4H2,1-2H3/t29-,30+. The van der Waals surface area contributed by atoms with E-state index in [4.69, 9.17) is 9.47 Å². The van der Waals surface area contributed by atoms with Gasteiger partial charge in [-0.05, 0) is 71.5 Å². The van der Waals surface area contributed by atoms with Crippen LogP contribution in [0.5, 0.6) is 11.5 Å². The normalized spacial score (nSPS) is 20.8. The van der Waals surface area contributed by atoms with Crippen molar-refractivity contribution in [3.63, 3.8) is 0 Å². The monoisotopic (exact) mass is 452 g/mol. The van der Waals surface area contributed by atoms with Gasteiger partial charge in [0.05, 0.1) is 13.2 Å². The van der Waals surface area contributed by atoms with Crippen molar-refractivity contribution in [2.75, 3.05) is 13.2 Å². The van der Waals surface area contributed by atoms with E-state index in [1.807, 2.05) is 111 Å². The molecule has 0 spiro atoms. The highest BCUT2D eigenvalue weighted by Crippen LogP contribution is 2.57. The summed E-state index contributed by atoms with van der Waals surface area (Å²) in [4.78, 5) is 0. The Balaban J connectivity index is 1.80. The molecule has 0 saturated carbocycles. The average Bonchev–Trinajstić information content (AvgIpc) is 2.88. The van der Waals surface area contributed by atoms with E-state index in [0.29, 0.717) is 47.0 Å². The number of rotatable bonds is 6. The highest BCUT2D eigenvalue weighted by Gasteiger charge is 2.58. The van der Waals surface area contributed by atoms with E-state index in [1.54, 1.807) is 0 Å². The van der Waals surface area contributed by atoms with Gasteiger partial charge in [0.2, 0.25) is 0 Å². The van der Waals surface area contributed by atoms with Crippen molar-refractivity contribution in [3.05, 3.63) is 119 Å². The quantitative estimate of drug-likeness (QED) is 0.398. The van der Waals surface area contributed by atoms with E-state index in [0.717, 1.165) is 11.1 Å². The predicted octanol–water partition coefficient (Wildman–Crippen LogP) is 5.64. The Hall–Kier alpha value is -3.60. The Kier molecular flexibility index (Phi) is 5.64. The summed E-state index contributed by atoms with van der Waals surface area (Å²) in [6, 6.07) is 30.1. The molecule has 0 radical (unpaired) electrons. The van der Waals surface area contributed by atoms with E-state index in [1.165, 1.54) is 0 Å². The summed E-state index contributed by atoms with van der Waals surface area (Å²) >= 11 is 0. The smallest absolute Gasteiger partial charge is 0.152 e. The van der Waals surface area contributed by atoms with Crippen LogP contribution in [-0.2, 0) is 11.2 Å². The maximum atomic E-state index is 12.7. The number of fused-ring (bicyclic) bond motifs is 3. The van der Waals surface area contributed by atoms with E-state index in [2.05, 4.69) is 0 Å². The molecular formula is C30H28O4. The first-order chi connectivity index (χ1) is 16.5. The number of ether oxygens (including phenoxy) is 2. The summed E-state index contributed by atoms with van der Waals surface area (Å²) in [6.07, 6.45) is 0. The number of hydrogen-bond donors (Lipinski definition) is 2. The Bertz CT molecular complexity index is 1190. The molecule has 0 amide bonds. The summed E-state index contributed by atoms with van der Waals surface area (Å²) in [5, 5.41) is 25.4. The molecule has 0 aromatic heterocycles. The highest BCUT2D eigenvalue weighted by molar-refractivity contribution is 5.79. The zero-order valence-corrected chi connectivity index (χ0v) is 19.4. The molecule has 4 aromatic carbocycles. The van der Waals surface area contributed by atoms with Gasteiger partial charge in [0, 0.05) is 0 Å². The fourth-order valence-corrected chi connectivity index (χ4v) is 5.10.